The van der Waals surface area contributed by atoms with Crippen LogP contribution in [0, 0.1) is 5.82 Å². The number of halogens is 3. The number of carbonyl (C=O) groups is 1. The first-order valence-electron chi connectivity index (χ1n) is 5.48. The molecule has 1 saturated carbocycles. The minimum atomic E-state index is -0.360. The fraction of sp³-hybridized carbons (Fsp3) is 0.417. The lowest BCUT2D eigenvalue weighted by atomic mass is 10.2. The molecule has 0 bridgehead atoms. The summed E-state index contributed by atoms with van der Waals surface area (Å²) in [5.41, 5.74) is 0.477. The molecule has 92 valence electrons. The lowest BCUT2D eigenvalue weighted by molar-refractivity contribution is 0.0939. The molecule has 1 aliphatic rings. The van der Waals surface area contributed by atoms with Crippen LogP contribution in [0.3, 0.4) is 0 Å². The van der Waals surface area contributed by atoms with Crippen molar-refractivity contribution in [1.82, 2.24) is 5.32 Å². The molecule has 1 aromatic carbocycles. The van der Waals surface area contributed by atoms with Gasteiger partial charge in [-0.05, 0) is 47.0 Å². The van der Waals surface area contributed by atoms with E-state index in [1.807, 2.05) is 0 Å². The van der Waals surface area contributed by atoms with Crippen molar-refractivity contribution in [2.45, 2.75) is 30.1 Å². The van der Waals surface area contributed by atoms with Gasteiger partial charge in [0.05, 0.1) is 4.47 Å². The summed E-state index contributed by atoms with van der Waals surface area (Å²) >= 11 is 6.62. The van der Waals surface area contributed by atoms with Gasteiger partial charge in [-0.15, -0.1) is 0 Å². The number of carbonyl (C=O) groups excluding carboxylic acids is 1. The number of amides is 1. The summed E-state index contributed by atoms with van der Waals surface area (Å²) in [6.07, 6.45) is 3.19. The van der Waals surface area contributed by atoms with Gasteiger partial charge in [0, 0.05) is 16.4 Å². The molecule has 1 fully saturated rings. The van der Waals surface area contributed by atoms with E-state index in [2.05, 4.69) is 37.2 Å². The number of alkyl halides is 1. The predicted octanol–water partition coefficient (Wildman–Crippen LogP) is 3.63. The smallest absolute Gasteiger partial charge is 0.251 e. The second-order valence-electron chi connectivity index (χ2n) is 4.16. The number of hydrogen-bond acceptors (Lipinski definition) is 1. The van der Waals surface area contributed by atoms with E-state index in [0.717, 1.165) is 19.3 Å². The van der Waals surface area contributed by atoms with Gasteiger partial charge in [0.15, 0.2) is 0 Å². The van der Waals surface area contributed by atoms with Crippen molar-refractivity contribution in [2.75, 3.05) is 0 Å². The minimum Gasteiger partial charge on any atom is -0.348 e. The van der Waals surface area contributed by atoms with Gasteiger partial charge in [0.1, 0.15) is 5.82 Å². The molecule has 17 heavy (non-hydrogen) atoms. The Morgan fingerprint density at radius 1 is 1.41 bits per heavy atom. The van der Waals surface area contributed by atoms with Crippen LogP contribution in [0.15, 0.2) is 22.7 Å². The van der Waals surface area contributed by atoms with Crippen LogP contribution in [0.4, 0.5) is 4.39 Å². The van der Waals surface area contributed by atoms with Crippen LogP contribution in [-0.2, 0) is 0 Å². The van der Waals surface area contributed by atoms with E-state index in [-0.39, 0.29) is 17.8 Å². The molecule has 2 unspecified atom stereocenters. The normalized spacial score (nSPS) is 23.7. The van der Waals surface area contributed by atoms with Crippen LogP contribution in [0.2, 0.25) is 0 Å². The van der Waals surface area contributed by atoms with Crippen molar-refractivity contribution >= 4 is 37.8 Å². The van der Waals surface area contributed by atoms with Crippen molar-refractivity contribution in [1.29, 1.82) is 0 Å². The highest BCUT2D eigenvalue weighted by atomic mass is 79.9. The van der Waals surface area contributed by atoms with Gasteiger partial charge in [-0.25, -0.2) is 4.39 Å². The molecule has 0 aliphatic heterocycles. The summed E-state index contributed by atoms with van der Waals surface area (Å²) in [5.74, 6) is -0.511. The highest BCUT2D eigenvalue weighted by molar-refractivity contribution is 9.10. The van der Waals surface area contributed by atoms with Crippen molar-refractivity contribution in [3.05, 3.63) is 34.1 Å². The molecule has 0 saturated heterocycles. The standard InChI is InChI=1S/C12H12Br2FNO/c13-8-2-1-3-11(8)16-12(17)7-4-5-10(15)9(14)6-7/h4-6,8,11H,1-3H2,(H,16,17). The van der Waals surface area contributed by atoms with Crippen molar-refractivity contribution < 1.29 is 9.18 Å². The second kappa shape index (κ2) is 5.48. The van der Waals surface area contributed by atoms with E-state index in [9.17, 15) is 9.18 Å². The van der Waals surface area contributed by atoms with Crippen molar-refractivity contribution in [3.63, 3.8) is 0 Å². The first kappa shape index (κ1) is 13.0. The zero-order chi connectivity index (χ0) is 12.4. The average molecular weight is 365 g/mol. The van der Waals surface area contributed by atoms with E-state index in [1.165, 1.54) is 18.2 Å². The Hall–Kier alpha value is -0.420. The number of rotatable bonds is 2. The van der Waals surface area contributed by atoms with Gasteiger partial charge in [0.2, 0.25) is 0 Å². The van der Waals surface area contributed by atoms with Gasteiger partial charge in [-0.3, -0.25) is 4.79 Å². The molecule has 2 rings (SSSR count). The van der Waals surface area contributed by atoms with E-state index in [0.29, 0.717) is 14.9 Å². The predicted molar refractivity (Wildman–Crippen MR) is 71.9 cm³/mol. The molecule has 0 heterocycles. The van der Waals surface area contributed by atoms with Crippen molar-refractivity contribution in [2.24, 2.45) is 0 Å². The molecule has 1 aliphatic carbocycles. The minimum absolute atomic E-state index is 0.151. The Morgan fingerprint density at radius 2 is 2.18 bits per heavy atom. The maximum atomic E-state index is 13.0. The molecule has 2 nitrogen and oxygen atoms in total. The molecule has 1 amide bonds. The van der Waals surface area contributed by atoms with Gasteiger partial charge in [0.25, 0.3) is 5.91 Å². The maximum Gasteiger partial charge on any atom is 0.251 e. The fourth-order valence-electron chi connectivity index (χ4n) is 1.97. The Kier molecular flexibility index (Phi) is 4.20. The zero-order valence-electron chi connectivity index (χ0n) is 9.05. The van der Waals surface area contributed by atoms with Crippen LogP contribution in [0.1, 0.15) is 29.6 Å². The topological polar surface area (TPSA) is 29.1 Å². The summed E-state index contributed by atoms with van der Waals surface area (Å²) in [6.45, 7) is 0. The highest BCUT2D eigenvalue weighted by Gasteiger charge is 2.26. The Morgan fingerprint density at radius 3 is 2.76 bits per heavy atom. The van der Waals surface area contributed by atoms with Crippen LogP contribution < -0.4 is 5.32 Å². The molecule has 2 atom stereocenters. The van der Waals surface area contributed by atoms with Crippen LogP contribution >= 0.6 is 31.9 Å². The van der Waals surface area contributed by atoms with Gasteiger partial charge >= 0.3 is 0 Å². The highest BCUT2D eigenvalue weighted by Crippen LogP contribution is 2.26. The Labute approximate surface area is 116 Å². The number of benzene rings is 1. The van der Waals surface area contributed by atoms with Crippen LogP contribution in [-0.4, -0.2) is 16.8 Å². The molecule has 1 N–H and O–H groups in total. The molecule has 1 aromatic rings. The van der Waals surface area contributed by atoms with Gasteiger partial charge in [-0.2, -0.15) is 0 Å². The molecule has 5 heteroatoms. The van der Waals surface area contributed by atoms with E-state index in [4.69, 9.17) is 0 Å². The first-order valence-corrected chi connectivity index (χ1v) is 7.19. The molecule has 0 radical (unpaired) electrons. The molecule has 0 spiro atoms. The summed E-state index contributed by atoms with van der Waals surface area (Å²) in [6, 6.07) is 4.46. The zero-order valence-corrected chi connectivity index (χ0v) is 12.2. The lowest BCUT2D eigenvalue weighted by Crippen LogP contribution is -2.37. The first-order chi connectivity index (χ1) is 8.08. The Bertz CT molecular complexity index is 439. The lowest BCUT2D eigenvalue weighted by Gasteiger charge is -2.16. The maximum absolute atomic E-state index is 13.0. The van der Waals surface area contributed by atoms with E-state index >= 15 is 0 Å². The third-order valence-corrected chi connectivity index (χ3v) is 4.63. The summed E-state index contributed by atoms with van der Waals surface area (Å²) in [5, 5.41) is 2.96. The summed E-state index contributed by atoms with van der Waals surface area (Å²) in [4.78, 5) is 12.3. The third kappa shape index (κ3) is 3.07. The second-order valence-corrected chi connectivity index (χ2v) is 6.19. The molecular weight excluding hydrogens is 353 g/mol. The summed E-state index contributed by atoms with van der Waals surface area (Å²) in [7, 11) is 0. The average Bonchev–Trinajstić information content (AvgIpc) is 2.68. The van der Waals surface area contributed by atoms with Crippen LogP contribution in [0.5, 0.6) is 0 Å². The van der Waals surface area contributed by atoms with E-state index in [1.54, 1.807) is 0 Å². The fourth-order valence-corrected chi connectivity index (χ4v) is 3.07. The molecular formula is C12H12Br2FNO. The number of nitrogens with one attached hydrogen (secondary N) is 1. The monoisotopic (exact) mass is 363 g/mol. The SMILES string of the molecule is O=C(NC1CCCC1Br)c1ccc(F)c(Br)c1. The Balaban J connectivity index is 2.06. The van der Waals surface area contributed by atoms with Gasteiger partial charge in [-0.1, -0.05) is 22.4 Å². The summed E-state index contributed by atoms with van der Waals surface area (Å²) < 4.78 is 13.4. The largest absolute Gasteiger partial charge is 0.348 e. The quantitative estimate of drug-likeness (QED) is 0.797. The van der Waals surface area contributed by atoms with Gasteiger partial charge < -0.3 is 5.32 Å². The van der Waals surface area contributed by atoms with Crippen LogP contribution in [0.25, 0.3) is 0 Å². The van der Waals surface area contributed by atoms with E-state index < -0.39 is 0 Å². The molecule has 0 aromatic heterocycles. The van der Waals surface area contributed by atoms with Crippen molar-refractivity contribution in [3.8, 4) is 0 Å². The number of hydrogen-bond donors (Lipinski definition) is 1. The third-order valence-electron chi connectivity index (χ3n) is 2.93.